The molecule has 1 unspecified atom stereocenters. The van der Waals surface area contributed by atoms with Crippen molar-refractivity contribution in [3.63, 3.8) is 0 Å². The number of ether oxygens (including phenoxy) is 1. The lowest BCUT2D eigenvalue weighted by Crippen LogP contribution is -2.53. The number of carbonyl (C=O) groups excluding carboxylic acids is 1. The average Bonchev–Trinajstić information content (AvgIpc) is 2.88. The number of fused-ring (bicyclic) bond motifs is 1. The highest BCUT2D eigenvalue weighted by molar-refractivity contribution is 6.01. The quantitative estimate of drug-likeness (QED) is 0.682. The summed E-state index contributed by atoms with van der Waals surface area (Å²) in [5, 5.41) is 38.9. The van der Waals surface area contributed by atoms with Gasteiger partial charge >= 0.3 is 6.09 Å². The molecule has 3 atom stereocenters. The van der Waals surface area contributed by atoms with Crippen LogP contribution in [-0.4, -0.2) is 36.4 Å². The highest BCUT2D eigenvalue weighted by Gasteiger charge is 2.58. The van der Waals surface area contributed by atoms with Gasteiger partial charge in [0.25, 0.3) is 0 Å². The molecule has 1 aliphatic carbocycles. The van der Waals surface area contributed by atoms with Crippen LogP contribution in [0.4, 0.5) is 4.79 Å². The zero-order valence-electron chi connectivity index (χ0n) is 18.7. The molecule has 1 saturated carbocycles. The summed E-state index contributed by atoms with van der Waals surface area (Å²) in [5.74, 6) is -2.17. The van der Waals surface area contributed by atoms with Gasteiger partial charge in [-0.1, -0.05) is 60.7 Å². The third kappa shape index (κ3) is 3.60. The van der Waals surface area contributed by atoms with E-state index in [-0.39, 0.29) is 25.4 Å². The maximum Gasteiger partial charge on any atom is 0.410 e. The van der Waals surface area contributed by atoms with Gasteiger partial charge in [-0.25, -0.2) is 4.79 Å². The Kier molecular flexibility index (Phi) is 6.17. The number of amides is 1. The standard InChI is InChI=1S/C27H23N5O2/c1-2-34-26(33)32-13-12-21-22(14-28)25(31)27(16-29,17-30)24(23(21)15-32)20-10-8-19(9-11-20)18-6-4-3-5-7-18/h3-12,22-24,31H,2,13,15H2,1H3/t22?,23-,24-/m1/s1. The van der Waals surface area contributed by atoms with Crippen LogP contribution in [0.5, 0.6) is 0 Å². The third-order valence-corrected chi connectivity index (χ3v) is 6.69. The monoisotopic (exact) mass is 449 g/mol. The molecule has 1 heterocycles. The van der Waals surface area contributed by atoms with E-state index in [0.717, 1.165) is 11.1 Å². The van der Waals surface area contributed by atoms with Crippen LogP contribution in [0.3, 0.4) is 0 Å². The van der Waals surface area contributed by atoms with Gasteiger partial charge in [0.1, 0.15) is 5.92 Å². The smallest absolute Gasteiger partial charge is 0.410 e. The van der Waals surface area contributed by atoms with Gasteiger partial charge in [0, 0.05) is 24.9 Å². The molecule has 0 aromatic heterocycles. The van der Waals surface area contributed by atoms with Crippen molar-refractivity contribution in [1.82, 2.24) is 4.90 Å². The second-order valence-corrected chi connectivity index (χ2v) is 8.39. The molecule has 2 aliphatic rings. The van der Waals surface area contributed by atoms with Crippen molar-refractivity contribution in [3.8, 4) is 29.3 Å². The second-order valence-electron chi connectivity index (χ2n) is 8.39. The van der Waals surface area contributed by atoms with E-state index in [0.29, 0.717) is 11.1 Å². The Labute approximate surface area is 198 Å². The van der Waals surface area contributed by atoms with Crippen LogP contribution < -0.4 is 0 Å². The van der Waals surface area contributed by atoms with E-state index in [1.807, 2.05) is 54.6 Å². The van der Waals surface area contributed by atoms with Crippen LogP contribution in [0.1, 0.15) is 18.4 Å². The van der Waals surface area contributed by atoms with E-state index in [1.165, 1.54) is 4.90 Å². The molecule has 2 aromatic carbocycles. The zero-order chi connectivity index (χ0) is 24.3. The lowest BCUT2D eigenvalue weighted by molar-refractivity contribution is 0.0992. The molecule has 34 heavy (non-hydrogen) atoms. The highest BCUT2D eigenvalue weighted by Crippen LogP contribution is 2.53. The number of nitriles is 3. The summed E-state index contributed by atoms with van der Waals surface area (Å²) < 4.78 is 5.17. The average molecular weight is 450 g/mol. The Morgan fingerprint density at radius 1 is 1.09 bits per heavy atom. The van der Waals surface area contributed by atoms with Crippen molar-refractivity contribution >= 4 is 11.8 Å². The van der Waals surface area contributed by atoms with Crippen LogP contribution in [-0.2, 0) is 4.74 Å². The molecular weight excluding hydrogens is 426 g/mol. The summed E-state index contributed by atoms with van der Waals surface area (Å²) in [5.41, 5.74) is 1.39. The Morgan fingerprint density at radius 2 is 1.74 bits per heavy atom. The van der Waals surface area contributed by atoms with E-state index >= 15 is 0 Å². The first-order valence-corrected chi connectivity index (χ1v) is 11.1. The Bertz CT molecular complexity index is 1250. The lowest BCUT2D eigenvalue weighted by Gasteiger charge is -2.47. The minimum Gasteiger partial charge on any atom is -0.450 e. The number of benzene rings is 2. The summed E-state index contributed by atoms with van der Waals surface area (Å²) in [4.78, 5) is 14.0. The fourth-order valence-electron chi connectivity index (χ4n) is 5.06. The maximum atomic E-state index is 12.5. The molecule has 7 nitrogen and oxygen atoms in total. The number of nitrogens with zero attached hydrogens (tertiary/aromatic N) is 4. The minimum absolute atomic E-state index is 0.201. The molecule has 2 aromatic rings. The van der Waals surface area contributed by atoms with Gasteiger partial charge in [0.2, 0.25) is 0 Å². The topological polar surface area (TPSA) is 125 Å². The molecule has 1 N–H and O–H groups in total. The van der Waals surface area contributed by atoms with Gasteiger partial charge in [-0.2, -0.15) is 15.8 Å². The molecular formula is C27H23N5O2. The van der Waals surface area contributed by atoms with Gasteiger partial charge in [-0.15, -0.1) is 0 Å². The fourth-order valence-corrected chi connectivity index (χ4v) is 5.06. The maximum absolute atomic E-state index is 12.5. The van der Waals surface area contributed by atoms with E-state index in [9.17, 15) is 20.6 Å². The zero-order valence-corrected chi connectivity index (χ0v) is 18.7. The van der Waals surface area contributed by atoms with Gasteiger partial charge in [0.15, 0.2) is 5.41 Å². The first kappa shape index (κ1) is 22.8. The molecule has 1 aliphatic heterocycles. The van der Waals surface area contributed by atoms with Crippen molar-refractivity contribution in [2.45, 2.75) is 12.8 Å². The number of carbonyl (C=O) groups is 1. The second kappa shape index (κ2) is 9.22. The Hall–Kier alpha value is -4.41. The minimum atomic E-state index is -1.83. The van der Waals surface area contributed by atoms with Crippen molar-refractivity contribution in [1.29, 1.82) is 21.2 Å². The summed E-state index contributed by atoms with van der Waals surface area (Å²) in [7, 11) is 0. The number of hydrogen-bond donors (Lipinski definition) is 1. The third-order valence-electron chi connectivity index (χ3n) is 6.69. The molecule has 0 saturated heterocycles. The van der Waals surface area contributed by atoms with Crippen LogP contribution >= 0.6 is 0 Å². The Morgan fingerprint density at radius 3 is 2.32 bits per heavy atom. The normalized spacial score (nSPS) is 22.9. The first-order chi connectivity index (χ1) is 16.5. The molecule has 0 spiro atoms. The number of hydrogen-bond acceptors (Lipinski definition) is 6. The van der Waals surface area contributed by atoms with Crippen LogP contribution in [0.25, 0.3) is 11.1 Å². The molecule has 1 fully saturated rings. The molecule has 0 bridgehead atoms. The van der Waals surface area contributed by atoms with Crippen LogP contribution in [0.15, 0.2) is 66.2 Å². The fraction of sp³-hybridized carbons (Fsp3) is 0.296. The predicted molar refractivity (Wildman–Crippen MR) is 125 cm³/mol. The van der Waals surface area contributed by atoms with E-state index < -0.39 is 29.3 Å². The Balaban J connectivity index is 1.83. The van der Waals surface area contributed by atoms with Crippen LogP contribution in [0, 0.1) is 56.7 Å². The van der Waals surface area contributed by atoms with E-state index in [2.05, 4.69) is 18.2 Å². The molecule has 7 heteroatoms. The van der Waals surface area contributed by atoms with Gasteiger partial charge < -0.3 is 15.0 Å². The van der Waals surface area contributed by atoms with Crippen molar-refractivity contribution < 1.29 is 9.53 Å². The first-order valence-electron chi connectivity index (χ1n) is 11.1. The van der Waals surface area contributed by atoms with Crippen molar-refractivity contribution in [3.05, 3.63) is 71.8 Å². The molecule has 1 amide bonds. The van der Waals surface area contributed by atoms with Crippen molar-refractivity contribution in [2.24, 2.45) is 17.3 Å². The van der Waals surface area contributed by atoms with Gasteiger partial charge in [0.05, 0.1) is 30.5 Å². The van der Waals surface area contributed by atoms with E-state index in [4.69, 9.17) is 10.1 Å². The summed E-state index contributed by atoms with van der Waals surface area (Å²) in [6.07, 6.45) is 1.29. The van der Waals surface area contributed by atoms with Gasteiger partial charge in [-0.3, -0.25) is 0 Å². The number of nitrogens with one attached hydrogen (secondary N) is 1. The molecule has 168 valence electrons. The largest absolute Gasteiger partial charge is 0.450 e. The molecule has 4 rings (SSSR count). The van der Waals surface area contributed by atoms with E-state index in [1.54, 1.807) is 13.0 Å². The van der Waals surface area contributed by atoms with Gasteiger partial charge in [-0.05, 0) is 29.2 Å². The highest BCUT2D eigenvalue weighted by atomic mass is 16.6. The SMILES string of the molecule is CCOC(=O)N1CC=C2C(C#N)C(=N)C(C#N)(C#N)[C@H](c3ccc(-c4ccccc4)cc3)[C@@H]2C1. The summed E-state index contributed by atoms with van der Waals surface area (Å²) in [6.45, 7) is 2.41. The molecule has 0 radical (unpaired) electrons. The summed E-state index contributed by atoms with van der Waals surface area (Å²) >= 11 is 0. The lowest BCUT2D eigenvalue weighted by atomic mass is 9.54. The summed E-state index contributed by atoms with van der Waals surface area (Å²) in [6, 6.07) is 23.7. The van der Waals surface area contributed by atoms with Crippen LogP contribution in [0.2, 0.25) is 0 Å². The number of rotatable bonds is 3. The van der Waals surface area contributed by atoms with Crippen molar-refractivity contribution in [2.75, 3.05) is 19.7 Å². The predicted octanol–water partition coefficient (Wildman–Crippen LogP) is 4.66.